The number of nitrogens with zero attached hydrogens (tertiary/aromatic N) is 2. The van der Waals surface area contributed by atoms with Crippen LogP contribution in [-0.2, 0) is 5.60 Å². The molecule has 1 unspecified atom stereocenters. The van der Waals surface area contributed by atoms with Crippen molar-refractivity contribution in [1.82, 2.24) is 9.88 Å². The molecule has 0 spiro atoms. The highest BCUT2D eigenvalue weighted by atomic mass is 35.5. The van der Waals surface area contributed by atoms with Gasteiger partial charge in [0.1, 0.15) is 10.8 Å². The lowest BCUT2D eigenvalue weighted by Crippen LogP contribution is -2.32. The Morgan fingerprint density at radius 1 is 1.04 bits per heavy atom. The highest BCUT2D eigenvalue weighted by molar-refractivity contribution is 6.29. The summed E-state index contributed by atoms with van der Waals surface area (Å²) in [5.74, 6) is 0. The molecule has 1 aliphatic heterocycles. The molecule has 4 heteroatoms. The summed E-state index contributed by atoms with van der Waals surface area (Å²) in [5.41, 5.74) is 2.18. The Labute approximate surface area is 165 Å². The largest absolute Gasteiger partial charge is 0.376 e. The number of halogens is 1. The molecule has 1 saturated heterocycles. The van der Waals surface area contributed by atoms with Crippen LogP contribution in [0.5, 0.6) is 0 Å². The molecule has 138 valence electrons. The van der Waals surface area contributed by atoms with Crippen molar-refractivity contribution in [3.63, 3.8) is 0 Å². The van der Waals surface area contributed by atoms with E-state index in [-0.39, 0.29) is 6.04 Å². The Hall–Kier alpha value is -2.20. The number of hydrogen-bond acceptors (Lipinski definition) is 3. The average molecular weight is 379 g/mol. The normalized spacial score (nSPS) is 18.0. The monoisotopic (exact) mass is 378 g/mol. The molecule has 0 saturated carbocycles. The summed E-state index contributed by atoms with van der Waals surface area (Å²) in [5, 5.41) is 12.6. The zero-order chi connectivity index (χ0) is 18.9. The first kappa shape index (κ1) is 18.2. The molecule has 0 aliphatic carbocycles. The van der Waals surface area contributed by atoms with Crippen LogP contribution in [0.1, 0.15) is 41.1 Å². The van der Waals surface area contributed by atoms with E-state index in [0.717, 1.165) is 41.6 Å². The molecule has 2 heterocycles. The third kappa shape index (κ3) is 3.27. The van der Waals surface area contributed by atoms with Crippen molar-refractivity contribution in [2.75, 3.05) is 13.6 Å². The van der Waals surface area contributed by atoms with Crippen LogP contribution >= 0.6 is 11.6 Å². The molecule has 1 aromatic heterocycles. The van der Waals surface area contributed by atoms with E-state index in [0.29, 0.717) is 5.15 Å². The molecule has 3 nitrogen and oxygen atoms in total. The Bertz CT molecular complexity index is 875. The number of aliphatic hydroxyl groups is 1. The fourth-order valence-electron chi connectivity index (χ4n) is 4.16. The van der Waals surface area contributed by atoms with Crippen LogP contribution in [0.15, 0.2) is 72.9 Å². The Morgan fingerprint density at radius 2 is 1.63 bits per heavy atom. The van der Waals surface area contributed by atoms with Gasteiger partial charge in [-0.25, -0.2) is 4.98 Å². The minimum atomic E-state index is -1.30. The Morgan fingerprint density at radius 3 is 2.15 bits per heavy atom. The van der Waals surface area contributed by atoms with Crippen LogP contribution in [0.2, 0.25) is 5.15 Å². The van der Waals surface area contributed by atoms with E-state index < -0.39 is 5.60 Å². The number of aromatic nitrogens is 1. The van der Waals surface area contributed by atoms with Crippen molar-refractivity contribution >= 4 is 11.6 Å². The summed E-state index contributed by atoms with van der Waals surface area (Å²) < 4.78 is 0. The maximum atomic E-state index is 12.2. The van der Waals surface area contributed by atoms with Crippen LogP contribution < -0.4 is 0 Å². The molecular weight excluding hydrogens is 356 g/mol. The summed E-state index contributed by atoms with van der Waals surface area (Å²) in [7, 11) is 2.13. The van der Waals surface area contributed by atoms with Crippen LogP contribution in [0.25, 0.3) is 0 Å². The number of pyridine rings is 1. The maximum Gasteiger partial charge on any atom is 0.141 e. The number of hydrogen-bond donors (Lipinski definition) is 1. The van der Waals surface area contributed by atoms with Gasteiger partial charge in [-0.3, -0.25) is 4.90 Å². The molecule has 0 bridgehead atoms. The molecule has 1 fully saturated rings. The van der Waals surface area contributed by atoms with Crippen LogP contribution in [0.4, 0.5) is 0 Å². The fraction of sp³-hybridized carbons (Fsp3) is 0.261. The molecule has 27 heavy (non-hydrogen) atoms. The highest BCUT2D eigenvalue weighted by Crippen LogP contribution is 2.43. The van der Waals surface area contributed by atoms with Crippen LogP contribution in [0.3, 0.4) is 0 Å². The van der Waals surface area contributed by atoms with Gasteiger partial charge in [0, 0.05) is 17.8 Å². The van der Waals surface area contributed by atoms with Gasteiger partial charge < -0.3 is 5.11 Å². The molecule has 1 atom stereocenters. The molecule has 1 aliphatic rings. The van der Waals surface area contributed by atoms with Crippen molar-refractivity contribution in [1.29, 1.82) is 0 Å². The standard InChI is InChI=1S/C23H23ClN2O/c1-26-14-8-13-21(26)19-16-25-22(24)15-20(19)23(27,17-9-4-2-5-10-17)18-11-6-3-7-12-18/h2-7,9-12,15-16,21,27H,8,13-14H2,1H3. The molecule has 3 aromatic rings. The summed E-state index contributed by atoms with van der Waals surface area (Å²) in [6, 6.07) is 21.6. The first-order valence-electron chi connectivity index (χ1n) is 9.30. The summed E-state index contributed by atoms with van der Waals surface area (Å²) in [6.07, 6.45) is 4.02. The first-order valence-corrected chi connectivity index (χ1v) is 9.68. The van der Waals surface area contributed by atoms with Gasteiger partial charge in [0.15, 0.2) is 0 Å². The quantitative estimate of drug-likeness (QED) is 0.663. The first-order chi connectivity index (χ1) is 13.1. The van der Waals surface area contributed by atoms with Gasteiger partial charge in [0.25, 0.3) is 0 Å². The topological polar surface area (TPSA) is 36.4 Å². The Kier molecular flexibility index (Phi) is 5.00. The van der Waals surface area contributed by atoms with Crippen LogP contribution in [0, 0.1) is 0 Å². The second-order valence-electron chi connectivity index (χ2n) is 7.18. The molecule has 4 rings (SSSR count). The van der Waals surface area contributed by atoms with E-state index in [4.69, 9.17) is 11.6 Å². The number of benzene rings is 2. The van der Waals surface area contributed by atoms with Gasteiger partial charge in [0.05, 0.1) is 0 Å². The Balaban J connectivity index is 1.98. The molecule has 1 N–H and O–H groups in total. The van der Waals surface area contributed by atoms with E-state index in [1.807, 2.05) is 72.9 Å². The highest BCUT2D eigenvalue weighted by Gasteiger charge is 2.38. The second-order valence-corrected chi connectivity index (χ2v) is 7.56. The minimum absolute atomic E-state index is 0.226. The van der Waals surface area contributed by atoms with Gasteiger partial charge in [-0.2, -0.15) is 0 Å². The van der Waals surface area contributed by atoms with Crippen molar-refractivity contribution in [2.24, 2.45) is 0 Å². The van der Waals surface area contributed by atoms with E-state index in [2.05, 4.69) is 16.9 Å². The molecule has 0 radical (unpaired) electrons. The van der Waals surface area contributed by atoms with Crippen molar-refractivity contribution in [2.45, 2.75) is 24.5 Å². The van der Waals surface area contributed by atoms with E-state index in [9.17, 15) is 5.11 Å². The van der Waals surface area contributed by atoms with Gasteiger partial charge in [-0.1, -0.05) is 72.3 Å². The smallest absolute Gasteiger partial charge is 0.141 e. The lowest BCUT2D eigenvalue weighted by Gasteiger charge is -2.34. The average Bonchev–Trinajstić information content (AvgIpc) is 3.14. The van der Waals surface area contributed by atoms with Crippen molar-refractivity contribution in [3.8, 4) is 0 Å². The number of rotatable bonds is 4. The number of likely N-dealkylation sites (tertiary alicyclic amines) is 1. The van der Waals surface area contributed by atoms with Gasteiger partial charge in [-0.05, 0) is 49.2 Å². The zero-order valence-electron chi connectivity index (χ0n) is 15.3. The van der Waals surface area contributed by atoms with E-state index >= 15 is 0 Å². The predicted molar refractivity (Wildman–Crippen MR) is 109 cm³/mol. The van der Waals surface area contributed by atoms with E-state index in [1.54, 1.807) is 0 Å². The van der Waals surface area contributed by atoms with Gasteiger partial charge >= 0.3 is 0 Å². The molecule has 2 aromatic carbocycles. The van der Waals surface area contributed by atoms with Gasteiger partial charge in [-0.15, -0.1) is 0 Å². The molecule has 0 amide bonds. The minimum Gasteiger partial charge on any atom is -0.376 e. The third-order valence-corrected chi connectivity index (χ3v) is 5.76. The van der Waals surface area contributed by atoms with Gasteiger partial charge in [0.2, 0.25) is 0 Å². The lowest BCUT2D eigenvalue weighted by atomic mass is 9.77. The van der Waals surface area contributed by atoms with Crippen LogP contribution in [-0.4, -0.2) is 28.6 Å². The summed E-state index contributed by atoms with van der Waals surface area (Å²) in [4.78, 5) is 6.67. The lowest BCUT2D eigenvalue weighted by molar-refractivity contribution is 0.122. The SMILES string of the molecule is CN1CCCC1c1cnc(Cl)cc1C(O)(c1ccccc1)c1ccccc1. The molecular formula is C23H23ClN2O. The van der Waals surface area contributed by atoms with Crippen molar-refractivity contribution in [3.05, 3.63) is 100 Å². The predicted octanol–water partition coefficient (Wildman–Crippen LogP) is 4.79. The summed E-state index contributed by atoms with van der Waals surface area (Å²) in [6.45, 7) is 1.04. The van der Waals surface area contributed by atoms with E-state index in [1.165, 1.54) is 0 Å². The maximum absolute atomic E-state index is 12.2. The third-order valence-electron chi connectivity index (χ3n) is 5.55. The fourth-order valence-corrected chi connectivity index (χ4v) is 4.32. The second kappa shape index (κ2) is 7.43. The summed E-state index contributed by atoms with van der Waals surface area (Å²) >= 11 is 6.31. The van der Waals surface area contributed by atoms with Crippen molar-refractivity contribution < 1.29 is 5.11 Å². The zero-order valence-corrected chi connectivity index (χ0v) is 16.1.